The topological polar surface area (TPSA) is 64.1 Å². The number of carbonyl (C=O) groups is 1. The molecule has 0 aliphatic rings. The van der Waals surface area contributed by atoms with E-state index in [4.69, 9.17) is 4.74 Å². The minimum atomic E-state index is -0.208. The summed E-state index contributed by atoms with van der Waals surface area (Å²) in [5.74, 6) is 0.560. The number of nitrogens with zero attached hydrogens (tertiary/aromatic N) is 2. The highest BCUT2D eigenvalue weighted by molar-refractivity contribution is 6.04. The van der Waals surface area contributed by atoms with Crippen LogP contribution in [0, 0.1) is 0 Å². The Balaban J connectivity index is 1.77. The van der Waals surface area contributed by atoms with Gasteiger partial charge in [-0.05, 0) is 36.4 Å². The van der Waals surface area contributed by atoms with Gasteiger partial charge < -0.3 is 10.1 Å². The lowest BCUT2D eigenvalue weighted by Crippen LogP contribution is -2.12. The van der Waals surface area contributed by atoms with Crippen molar-refractivity contribution in [3.8, 4) is 17.0 Å². The second-order valence-corrected chi connectivity index (χ2v) is 4.85. The molecule has 0 unspecified atom stereocenters. The number of amides is 1. The van der Waals surface area contributed by atoms with Gasteiger partial charge in [0.15, 0.2) is 0 Å². The van der Waals surface area contributed by atoms with Crippen molar-refractivity contribution in [2.24, 2.45) is 0 Å². The van der Waals surface area contributed by atoms with E-state index in [9.17, 15) is 4.79 Å². The van der Waals surface area contributed by atoms with Crippen molar-refractivity contribution in [3.05, 3.63) is 72.7 Å². The fraction of sp³-hybridized carbons (Fsp3) is 0.0556. The molecule has 0 atom stereocenters. The van der Waals surface area contributed by atoms with Gasteiger partial charge in [0.25, 0.3) is 5.91 Å². The number of carbonyl (C=O) groups excluding carboxylic acids is 1. The van der Waals surface area contributed by atoms with Gasteiger partial charge in [0.05, 0.1) is 18.4 Å². The normalized spacial score (nSPS) is 10.1. The van der Waals surface area contributed by atoms with E-state index in [2.05, 4.69) is 15.3 Å². The molecule has 23 heavy (non-hydrogen) atoms. The summed E-state index contributed by atoms with van der Waals surface area (Å²) in [6, 6.07) is 14.7. The molecule has 0 aliphatic carbocycles. The van der Waals surface area contributed by atoms with E-state index in [-0.39, 0.29) is 5.91 Å². The number of ether oxygens (including phenoxy) is 1. The second-order valence-electron chi connectivity index (χ2n) is 4.85. The van der Waals surface area contributed by atoms with E-state index in [0.29, 0.717) is 11.3 Å². The third kappa shape index (κ3) is 3.52. The first-order chi connectivity index (χ1) is 11.3. The SMILES string of the molecule is COc1cccc(-c2ccc(C(=O)Nc3ccncc3)cn2)c1. The third-order valence-corrected chi connectivity index (χ3v) is 3.33. The average Bonchev–Trinajstić information content (AvgIpc) is 2.63. The number of methoxy groups -OCH3 is 1. The number of benzene rings is 1. The Morgan fingerprint density at radius 1 is 1.09 bits per heavy atom. The van der Waals surface area contributed by atoms with Crippen LogP contribution < -0.4 is 10.1 Å². The van der Waals surface area contributed by atoms with Gasteiger partial charge in [-0.1, -0.05) is 12.1 Å². The van der Waals surface area contributed by atoms with Crippen LogP contribution in [0.5, 0.6) is 5.75 Å². The van der Waals surface area contributed by atoms with Crippen molar-refractivity contribution in [1.29, 1.82) is 0 Å². The fourth-order valence-corrected chi connectivity index (χ4v) is 2.12. The monoisotopic (exact) mass is 305 g/mol. The van der Waals surface area contributed by atoms with Crippen molar-refractivity contribution >= 4 is 11.6 Å². The van der Waals surface area contributed by atoms with Crippen LogP contribution in [0.2, 0.25) is 0 Å². The molecular weight excluding hydrogens is 290 g/mol. The van der Waals surface area contributed by atoms with E-state index >= 15 is 0 Å². The average molecular weight is 305 g/mol. The number of hydrogen-bond donors (Lipinski definition) is 1. The molecule has 5 heteroatoms. The van der Waals surface area contributed by atoms with Crippen LogP contribution in [0.4, 0.5) is 5.69 Å². The van der Waals surface area contributed by atoms with Crippen LogP contribution in [-0.4, -0.2) is 23.0 Å². The van der Waals surface area contributed by atoms with E-state index in [1.807, 2.05) is 30.3 Å². The number of rotatable bonds is 4. The summed E-state index contributed by atoms with van der Waals surface area (Å²) in [4.78, 5) is 20.4. The summed E-state index contributed by atoms with van der Waals surface area (Å²) in [6.45, 7) is 0. The van der Waals surface area contributed by atoms with Crippen LogP contribution in [0.15, 0.2) is 67.1 Å². The summed E-state index contributed by atoms with van der Waals surface area (Å²) >= 11 is 0. The van der Waals surface area contributed by atoms with Gasteiger partial charge in [-0.3, -0.25) is 14.8 Å². The van der Waals surface area contributed by atoms with Gasteiger partial charge in [0, 0.05) is 29.8 Å². The maximum Gasteiger partial charge on any atom is 0.257 e. The standard InChI is InChI=1S/C18H15N3O2/c1-23-16-4-2-3-13(11-16)17-6-5-14(12-20-17)18(22)21-15-7-9-19-10-8-15/h2-12H,1H3,(H,19,21,22). The van der Waals surface area contributed by atoms with Crippen LogP contribution in [-0.2, 0) is 0 Å². The van der Waals surface area contributed by atoms with Gasteiger partial charge in [0.2, 0.25) is 0 Å². The molecule has 114 valence electrons. The summed E-state index contributed by atoms with van der Waals surface area (Å²) in [6.07, 6.45) is 4.81. The predicted octanol–water partition coefficient (Wildman–Crippen LogP) is 3.40. The Kier molecular flexibility index (Phi) is 4.29. The molecule has 1 amide bonds. The highest BCUT2D eigenvalue weighted by Crippen LogP contribution is 2.22. The van der Waals surface area contributed by atoms with Crippen molar-refractivity contribution in [2.45, 2.75) is 0 Å². The van der Waals surface area contributed by atoms with Gasteiger partial charge >= 0.3 is 0 Å². The maximum absolute atomic E-state index is 12.2. The van der Waals surface area contributed by atoms with Crippen LogP contribution >= 0.6 is 0 Å². The van der Waals surface area contributed by atoms with Crippen LogP contribution in [0.1, 0.15) is 10.4 Å². The number of aromatic nitrogens is 2. The van der Waals surface area contributed by atoms with E-state index in [0.717, 1.165) is 17.0 Å². The summed E-state index contributed by atoms with van der Waals surface area (Å²) in [5, 5.41) is 2.80. The molecule has 1 aromatic carbocycles. The van der Waals surface area contributed by atoms with Gasteiger partial charge in [-0.2, -0.15) is 0 Å². The summed E-state index contributed by atoms with van der Waals surface area (Å²) in [7, 11) is 1.62. The summed E-state index contributed by atoms with van der Waals surface area (Å²) in [5.41, 5.74) is 2.91. The Hall–Kier alpha value is -3.21. The molecule has 0 bridgehead atoms. The van der Waals surface area contributed by atoms with Crippen molar-refractivity contribution in [3.63, 3.8) is 0 Å². The highest BCUT2D eigenvalue weighted by Gasteiger charge is 2.08. The lowest BCUT2D eigenvalue weighted by Gasteiger charge is -2.06. The smallest absolute Gasteiger partial charge is 0.257 e. The fourth-order valence-electron chi connectivity index (χ4n) is 2.12. The Bertz CT molecular complexity index is 802. The highest BCUT2D eigenvalue weighted by atomic mass is 16.5. The molecule has 2 aromatic heterocycles. The number of pyridine rings is 2. The molecular formula is C18H15N3O2. The lowest BCUT2D eigenvalue weighted by atomic mass is 10.1. The lowest BCUT2D eigenvalue weighted by molar-refractivity contribution is 0.102. The first-order valence-electron chi connectivity index (χ1n) is 7.08. The molecule has 3 rings (SSSR count). The van der Waals surface area contributed by atoms with E-state index in [1.165, 1.54) is 0 Å². The quantitative estimate of drug-likeness (QED) is 0.802. The zero-order valence-corrected chi connectivity index (χ0v) is 12.6. The van der Waals surface area contributed by atoms with Gasteiger partial charge in [0.1, 0.15) is 5.75 Å². The maximum atomic E-state index is 12.2. The Morgan fingerprint density at radius 2 is 1.91 bits per heavy atom. The molecule has 0 saturated heterocycles. The zero-order valence-electron chi connectivity index (χ0n) is 12.6. The molecule has 0 radical (unpaired) electrons. The number of anilines is 1. The predicted molar refractivity (Wildman–Crippen MR) is 88.4 cm³/mol. The van der Waals surface area contributed by atoms with Crippen molar-refractivity contribution < 1.29 is 9.53 Å². The molecule has 1 N–H and O–H groups in total. The van der Waals surface area contributed by atoms with Crippen LogP contribution in [0.25, 0.3) is 11.3 Å². The second kappa shape index (κ2) is 6.70. The molecule has 3 aromatic rings. The first-order valence-corrected chi connectivity index (χ1v) is 7.08. The molecule has 0 saturated carbocycles. The van der Waals surface area contributed by atoms with E-state index in [1.54, 1.807) is 43.9 Å². The first kappa shape index (κ1) is 14.7. The Labute approximate surface area is 134 Å². The number of nitrogens with one attached hydrogen (secondary N) is 1. The molecule has 5 nitrogen and oxygen atoms in total. The van der Waals surface area contributed by atoms with Gasteiger partial charge in [-0.15, -0.1) is 0 Å². The van der Waals surface area contributed by atoms with Crippen molar-refractivity contribution in [1.82, 2.24) is 9.97 Å². The minimum Gasteiger partial charge on any atom is -0.497 e. The zero-order chi connectivity index (χ0) is 16.1. The molecule has 0 fully saturated rings. The largest absolute Gasteiger partial charge is 0.497 e. The molecule has 2 heterocycles. The third-order valence-electron chi connectivity index (χ3n) is 3.33. The van der Waals surface area contributed by atoms with E-state index < -0.39 is 0 Å². The van der Waals surface area contributed by atoms with Crippen LogP contribution in [0.3, 0.4) is 0 Å². The van der Waals surface area contributed by atoms with Crippen molar-refractivity contribution in [2.75, 3.05) is 12.4 Å². The van der Waals surface area contributed by atoms with Gasteiger partial charge in [-0.25, -0.2) is 0 Å². The minimum absolute atomic E-state index is 0.208. The number of hydrogen-bond acceptors (Lipinski definition) is 4. The summed E-state index contributed by atoms with van der Waals surface area (Å²) < 4.78 is 5.21. The Morgan fingerprint density at radius 3 is 2.61 bits per heavy atom. The molecule has 0 aliphatic heterocycles. The molecule has 0 spiro atoms.